The second-order valence-electron chi connectivity index (χ2n) is 2.63. The van der Waals surface area contributed by atoms with E-state index in [1.807, 2.05) is 5.32 Å². The molecule has 0 aliphatic heterocycles. The monoisotopic (exact) mass is 195 g/mol. The van der Waals surface area contributed by atoms with Gasteiger partial charge in [0.25, 0.3) is 0 Å². The lowest BCUT2D eigenvalue weighted by atomic mass is 10.1. The standard InChI is InChI=1S/C9H9NO4/c11-8(12)7(10-9(13)14)6-4-2-1-3-5-6/h1-5,7,10H,(H,11,12)(H,13,14). The predicted octanol–water partition coefficient (Wildman–Crippen LogP) is 1.08. The van der Waals surface area contributed by atoms with Gasteiger partial charge in [-0.2, -0.15) is 0 Å². The topological polar surface area (TPSA) is 86.6 Å². The van der Waals surface area contributed by atoms with Crippen molar-refractivity contribution in [3.8, 4) is 0 Å². The highest BCUT2D eigenvalue weighted by Gasteiger charge is 2.20. The molecule has 0 saturated carbocycles. The van der Waals surface area contributed by atoms with E-state index in [0.717, 1.165) is 0 Å². The van der Waals surface area contributed by atoms with Crippen molar-refractivity contribution in [3.63, 3.8) is 0 Å². The number of carboxylic acid groups (broad SMARTS) is 2. The molecule has 0 aromatic heterocycles. The summed E-state index contributed by atoms with van der Waals surface area (Å²) < 4.78 is 0. The molecule has 0 bridgehead atoms. The third kappa shape index (κ3) is 2.48. The first-order valence-electron chi connectivity index (χ1n) is 3.88. The molecule has 0 aliphatic rings. The van der Waals surface area contributed by atoms with Crippen LogP contribution in [0.15, 0.2) is 30.3 Å². The molecular formula is C9H9NO4. The zero-order valence-electron chi connectivity index (χ0n) is 7.18. The van der Waals surface area contributed by atoms with Crippen molar-refractivity contribution < 1.29 is 19.8 Å². The first kappa shape index (κ1) is 10.0. The number of rotatable bonds is 3. The Hall–Kier alpha value is -2.04. The lowest BCUT2D eigenvalue weighted by molar-refractivity contribution is -0.139. The first-order chi connectivity index (χ1) is 6.61. The van der Waals surface area contributed by atoms with Crippen LogP contribution in [0, 0.1) is 0 Å². The Morgan fingerprint density at radius 3 is 2.14 bits per heavy atom. The predicted molar refractivity (Wildman–Crippen MR) is 48.0 cm³/mol. The van der Waals surface area contributed by atoms with E-state index >= 15 is 0 Å². The second-order valence-corrected chi connectivity index (χ2v) is 2.63. The molecule has 14 heavy (non-hydrogen) atoms. The number of aliphatic carboxylic acids is 1. The third-order valence-corrected chi connectivity index (χ3v) is 1.65. The summed E-state index contributed by atoms with van der Waals surface area (Å²) in [6.45, 7) is 0. The summed E-state index contributed by atoms with van der Waals surface area (Å²) in [5.41, 5.74) is 0.405. The fourth-order valence-corrected chi connectivity index (χ4v) is 1.06. The minimum atomic E-state index is -1.36. The maximum Gasteiger partial charge on any atom is 0.405 e. The molecule has 1 amide bonds. The van der Waals surface area contributed by atoms with Crippen molar-refractivity contribution in [1.29, 1.82) is 0 Å². The number of amides is 1. The van der Waals surface area contributed by atoms with Crippen LogP contribution in [-0.2, 0) is 4.79 Å². The van der Waals surface area contributed by atoms with Crippen LogP contribution < -0.4 is 5.32 Å². The lowest BCUT2D eigenvalue weighted by Gasteiger charge is -2.11. The molecule has 0 fully saturated rings. The Morgan fingerprint density at radius 2 is 1.71 bits per heavy atom. The van der Waals surface area contributed by atoms with E-state index in [2.05, 4.69) is 0 Å². The van der Waals surface area contributed by atoms with Crippen LogP contribution in [0.3, 0.4) is 0 Å². The number of nitrogens with one attached hydrogen (secondary N) is 1. The van der Waals surface area contributed by atoms with E-state index in [1.54, 1.807) is 30.3 Å². The quantitative estimate of drug-likeness (QED) is 0.673. The van der Waals surface area contributed by atoms with Crippen LogP contribution >= 0.6 is 0 Å². The molecule has 0 spiro atoms. The first-order valence-corrected chi connectivity index (χ1v) is 3.88. The maximum atomic E-state index is 10.7. The highest BCUT2D eigenvalue weighted by Crippen LogP contribution is 2.12. The molecule has 5 heteroatoms. The van der Waals surface area contributed by atoms with Gasteiger partial charge in [0.15, 0.2) is 6.04 Å². The molecule has 5 nitrogen and oxygen atoms in total. The van der Waals surface area contributed by atoms with Crippen LogP contribution in [0.25, 0.3) is 0 Å². The summed E-state index contributed by atoms with van der Waals surface area (Å²) >= 11 is 0. The molecule has 74 valence electrons. The van der Waals surface area contributed by atoms with Gasteiger partial charge in [0, 0.05) is 0 Å². The van der Waals surface area contributed by atoms with E-state index < -0.39 is 18.1 Å². The van der Waals surface area contributed by atoms with E-state index in [9.17, 15) is 9.59 Å². The van der Waals surface area contributed by atoms with Crippen LogP contribution in [0.1, 0.15) is 11.6 Å². The van der Waals surface area contributed by atoms with Gasteiger partial charge in [0.05, 0.1) is 0 Å². The zero-order chi connectivity index (χ0) is 10.6. The summed E-state index contributed by atoms with van der Waals surface area (Å²) in [7, 11) is 0. The minimum Gasteiger partial charge on any atom is -0.479 e. The van der Waals surface area contributed by atoms with Gasteiger partial charge in [-0.1, -0.05) is 30.3 Å². The summed E-state index contributed by atoms with van der Waals surface area (Å²) in [4.78, 5) is 21.0. The van der Waals surface area contributed by atoms with Gasteiger partial charge >= 0.3 is 12.1 Å². The largest absolute Gasteiger partial charge is 0.479 e. The van der Waals surface area contributed by atoms with Gasteiger partial charge in [-0.3, -0.25) is 0 Å². The fraction of sp³-hybridized carbons (Fsp3) is 0.111. The van der Waals surface area contributed by atoms with Crippen molar-refractivity contribution in [1.82, 2.24) is 5.32 Å². The Morgan fingerprint density at radius 1 is 1.14 bits per heavy atom. The van der Waals surface area contributed by atoms with E-state index in [-0.39, 0.29) is 0 Å². The highest BCUT2D eigenvalue weighted by molar-refractivity contribution is 5.80. The molecular weight excluding hydrogens is 186 g/mol. The summed E-state index contributed by atoms with van der Waals surface area (Å²) in [5, 5.41) is 19.1. The SMILES string of the molecule is O=C(O)NC(C(=O)O)c1ccccc1. The Balaban J connectivity index is 2.89. The van der Waals surface area contributed by atoms with Crippen LogP contribution in [0.2, 0.25) is 0 Å². The molecule has 0 saturated heterocycles. The van der Waals surface area contributed by atoms with Crippen molar-refractivity contribution in [2.24, 2.45) is 0 Å². The number of carbonyl (C=O) groups is 2. The van der Waals surface area contributed by atoms with Crippen molar-refractivity contribution >= 4 is 12.1 Å². The van der Waals surface area contributed by atoms with Crippen LogP contribution in [0.5, 0.6) is 0 Å². The fourth-order valence-electron chi connectivity index (χ4n) is 1.06. The van der Waals surface area contributed by atoms with Crippen LogP contribution in [0.4, 0.5) is 4.79 Å². The average Bonchev–Trinajstić information content (AvgIpc) is 2.15. The Kier molecular flexibility index (Phi) is 3.06. The van der Waals surface area contributed by atoms with Gasteiger partial charge < -0.3 is 15.5 Å². The summed E-state index contributed by atoms with van der Waals surface area (Å²) in [6.07, 6.45) is -1.36. The molecule has 0 radical (unpaired) electrons. The van der Waals surface area contributed by atoms with Gasteiger partial charge in [0.1, 0.15) is 0 Å². The van der Waals surface area contributed by atoms with Crippen molar-refractivity contribution in [3.05, 3.63) is 35.9 Å². The number of hydrogen-bond acceptors (Lipinski definition) is 2. The molecule has 3 N–H and O–H groups in total. The van der Waals surface area contributed by atoms with Crippen molar-refractivity contribution in [2.45, 2.75) is 6.04 Å². The molecule has 1 aromatic rings. The van der Waals surface area contributed by atoms with E-state index in [0.29, 0.717) is 5.56 Å². The Bertz CT molecular complexity index is 336. The molecule has 1 aromatic carbocycles. The minimum absolute atomic E-state index is 0.405. The molecule has 1 rings (SSSR count). The average molecular weight is 195 g/mol. The summed E-state index contributed by atoms with van der Waals surface area (Å²) in [5.74, 6) is -1.22. The molecule has 0 heterocycles. The van der Waals surface area contributed by atoms with E-state index in [4.69, 9.17) is 10.2 Å². The van der Waals surface area contributed by atoms with Crippen LogP contribution in [-0.4, -0.2) is 22.3 Å². The second kappa shape index (κ2) is 4.27. The number of carboxylic acids is 1. The molecule has 1 unspecified atom stereocenters. The Labute approximate surface area is 80.0 Å². The van der Waals surface area contributed by atoms with E-state index in [1.165, 1.54) is 0 Å². The maximum absolute atomic E-state index is 10.7. The van der Waals surface area contributed by atoms with Gasteiger partial charge in [0.2, 0.25) is 0 Å². The third-order valence-electron chi connectivity index (χ3n) is 1.65. The van der Waals surface area contributed by atoms with Gasteiger partial charge in [-0.05, 0) is 5.56 Å². The highest BCUT2D eigenvalue weighted by atomic mass is 16.4. The van der Waals surface area contributed by atoms with Crippen molar-refractivity contribution in [2.75, 3.05) is 0 Å². The lowest BCUT2D eigenvalue weighted by Crippen LogP contribution is -2.32. The summed E-state index contributed by atoms with van der Waals surface area (Å²) in [6, 6.07) is 6.91. The smallest absolute Gasteiger partial charge is 0.405 e. The van der Waals surface area contributed by atoms with Gasteiger partial charge in [-0.25, -0.2) is 9.59 Å². The molecule has 1 atom stereocenters. The zero-order valence-corrected chi connectivity index (χ0v) is 7.18. The number of benzene rings is 1. The molecule has 0 aliphatic carbocycles. The van der Waals surface area contributed by atoms with Gasteiger partial charge in [-0.15, -0.1) is 0 Å². The number of hydrogen-bond donors (Lipinski definition) is 3. The normalized spacial score (nSPS) is 11.7.